The Kier molecular flexibility index (Phi) is 6.11. The van der Waals surface area contributed by atoms with Crippen molar-refractivity contribution in [3.05, 3.63) is 22.8 Å². The molecule has 160 valence electrons. The maximum absolute atomic E-state index is 13.2. The first-order valence-corrected chi connectivity index (χ1v) is 9.79. The van der Waals surface area contributed by atoms with Crippen molar-refractivity contribution < 1.29 is 22.8 Å². The van der Waals surface area contributed by atoms with E-state index in [1.54, 1.807) is 4.90 Å². The summed E-state index contributed by atoms with van der Waals surface area (Å²) in [6.45, 7) is 4.58. The van der Waals surface area contributed by atoms with E-state index >= 15 is 0 Å². The molecule has 0 spiro atoms. The largest absolute Gasteiger partial charge is 0.433 e. The zero-order valence-electron chi connectivity index (χ0n) is 16.6. The van der Waals surface area contributed by atoms with Gasteiger partial charge in [0.15, 0.2) is 5.69 Å². The van der Waals surface area contributed by atoms with Gasteiger partial charge < -0.3 is 15.5 Å². The Labute approximate surface area is 167 Å². The Morgan fingerprint density at radius 1 is 1.31 bits per heavy atom. The zero-order valence-corrected chi connectivity index (χ0v) is 16.6. The van der Waals surface area contributed by atoms with Crippen molar-refractivity contribution in [1.82, 2.24) is 19.8 Å². The Balaban J connectivity index is 1.63. The molecule has 2 amide bonds. The minimum absolute atomic E-state index is 0.00695. The summed E-state index contributed by atoms with van der Waals surface area (Å²) in [5.41, 5.74) is 5.48. The Bertz CT molecular complexity index is 799. The van der Waals surface area contributed by atoms with E-state index in [1.165, 1.54) is 11.8 Å². The number of rotatable bonds is 4. The minimum Gasteiger partial charge on any atom is -0.341 e. The van der Waals surface area contributed by atoms with Crippen molar-refractivity contribution in [1.29, 1.82) is 0 Å². The fourth-order valence-corrected chi connectivity index (χ4v) is 3.98. The lowest BCUT2D eigenvalue weighted by Crippen LogP contribution is -2.48. The number of amides is 2. The number of hydrogen-bond acceptors (Lipinski definition) is 5. The molecule has 7 nitrogen and oxygen atoms in total. The first kappa shape index (κ1) is 21.5. The van der Waals surface area contributed by atoms with E-state index in [1.807, 2.05) is 0 Å². The third-order valence-electron chi connectivity index (χ3n) is 5.43. The van der Waals surface area contributed by atoms with Crippen molar-refractivity contribution in [2.24, 2.45) is 11.7 Å². The van der Waals surface area contributed by atoms with E-state index in [-0.39, 0.29) is 54.8 Å². The maximum Gasteiger partial charge on any atom is 0.433 e. The molecule has 29 heavy (non-hydrogen) atoms. The van der Waals surface area contributed by atoms with Crippen LogP contribution >= 0.6 is 0 Å². The predicted molar refractivity (Wildman–Crippen MR) is 98.5 cm³/mol. The summed E-state index contributed by atoms with van der Waals surface area (Å²) in [5.74, 6) is 0.231. The number of fused-ring (bicyclic) bond motifs is 1. The van der Waals surface area contributed by atoms with Crippen LogP contribution < -0.4 is 5.73 Å². The van der Waals surface area contributed by atoms with E-state index in [4.69, 9.17) is 5.73 Å². The Morgan fingerprint density at radius 2 is 2.03 bits per heavy atom. The van der Waals surface area contributed by atoms with Gasteiger partial charge in [0.25, 0.3) is 0 Å². The van der Waals surface area contributed by atoms with Crippen LogP contribution in [0.1, 0.15) is 49.0 Å². The first-order valence-electron chi connectivity index (χ1n) is 9.79. The summed E-state index contributed by atoms with van der Waals surface area (Å²) in [6.07, 6.45) is -3.12. The van der Waals surface area contributed by atoms with Gasteiger partial charge in [0.05, 0.1) is 12.2 Å². The molecular weight excluding hydrogens is 387 g/mol. The van der Waals surface area contributed by atoms with Crippen LogP contribution in [0, 0.1) is 12.8 Å². The molecule has 3 rings (SSSR count). The van der Waals surface area contributed by atoms with Crippen LogP contribution in [0.4, 0.5) is 13.2 Å². The fourth-order valence-electron chi connectivity index (χ4n) is 3.98. The molecule has 2 aliphatic rings. The van der Waals surface area contributed by atoms with Crippen LogP contribution in [0.2, 0.25) is 0 Å². The molecule has 0 bridgehead atoms. The molecule has 0 unspecified atom stereocenters. The number of carbonyl (C=O) groups is 2. The molecule has 1 aromatic rings. The van der Waals surface area contributed by atoms with E-state index in [2.05, 4.69) is 16.9 Å². The number of nitrogens with zero attached hydrogens (tertiary/aromatic N) is 4. The van der Waals surface area contributed by atoms with Gasteiger partial charge in [0.2, 0.25) is 11.8 Å². The number of likely N-dealkylation sites (tertiary alicyclic amines) is 1. The van der Waals surface area contributed by atoms with Crippen LogP contribution in [0.25, 0.3) is 0 Å². The van der Waals surface area contributed by atoms with Gasteiger partial charge in [-0.15, -0.1) is 0 Å². The second kappa shape index (κ2) is 8.25. The van der Waals surface area contributed by atoms with Crippen LogP contribution in [-0.4, -0.2) is 57.3 Å². The maximum atomic E-state index is 13.2. The lowest BCUT2D eigenvalue weighted by molar-refractivity contribution is -0.142. The van der Waals surface area contributed by atoms with Crippen LogP contribution in [0.15, 0.2) is 0 Å². The van der Waals surface area contributed by atoms with Gasteiger partial charge in [-0.05, 0) is 25.7 Å². The number of aryl methyl sites for hydroxylation is 1. The van der Waals surface area contributed by atoms with Crippen molar-refractivity contribution in [2.75, 3.05) is 19.6 Å². The number of hydrogen-bond donors (Lipinski definition) is 1. The average molecular weight is 413 g/mol. The lowest BCUT2D eigenvalue weighted by atomic mass is 9.98. The SMILES string of the molecule is Cc1nc2c(c(C(F)(F)F)n1)CCN(C(=O)C[C@@H](N)CN1C[C@H](C)CCC1=O)C2. The third-order valence-corrected chi connectivity index (χ3v) is 5.43. The molecule has 0 radical (unpaired) electrons. The van der Waals surface area contributed by atoms with Crippen molar-refractivity contribution in [3.8, 4) is 0 Å². The molecule has 2 aliphatic heterocycles. The summed E-state index contributed by atoms with van der Waals surface area (Å²) in [6, 6.07) is -0.518. The number of carbonyl (C=O) groups excluding carboxylic acids is 2. The first-order chi connectivity index (χ1) is 13.5. The van der Waals surface area contributed by atoms with Crippen LogP contribution in [0.5, 0.6) is 0 Å². The highest BCUT2D eigenvalue weighted by Gasteiger charge is 2.39. The molecule has 2 N–H and O–H groups in total. The Hall–Kier alpha value is -2.23. The minimum atomic E-state index is -4.55. The number of alkyl halides is 3. The molecule has 0 aromatic carbocycles. The summed E-state index contributed by atoms with van der Waals surface area (Å²) in [4.78, 5) is 35.5. The van der Waals surface area contributed by atoms with Gasteiger partial charge in [-0.2, -0.15) is 13.2 Å². The Morgan fingerprint density at radius 3 is 2.72 bits per heavy atom. The van der Waals surface area contributed by atoms with Gasteiger partial charge in [0, 0.05) is 44.1 Å². The highest BCUT2D eigenvalue weighted by molar-refractivity contribution is 5.78. The summed E-state index contributed by atoms with van der Waals surface area (Å²) >= 11 is 0. The normalized spacial score (nSPS) is 21.2. The predicted octanol–water partition coefficient (Wildman–Crippen LogP) is 1.66. The monoisotopic (exact) mass is 413 g/mol. The van der Waals surface area contributed by atoms with Gasteiger partial charge in [-0.1, -0.05) is 6.92 Å². The lowest BCUT2D eigenvalue weighted by Gasteiger charge is -2.34. The second-order valence-corrected chi connectivity index (χ2v) is 8.01. The zero-order chi connectivity index (χ0) is 21.3. The van der Waals surface area contributed by atoms with Crippen molar-refractivity contribution in [2.45, 2.75) is 58.3 Å². The highest BCUT2D eigenvalue weighted by atomic mass is 19.4. The third kappa shape index (κ3) is 5.04. The van der Waals surface area contributed by atoms with Crippen molar-refractivity contribution in [3.63, 3.8) is 0 Å². The second-order valence-electron chi connectivity index (χ2n) is 8.01. The molecule has 1 saturated heterocycles. The number of aromatic nitrogens is 2. The molecule has 2 atom stereocenters. The highest BCUT2D eigenvalue weighted by Crippen LogP contribution is 2.33. The number of halogens is 3. The van der Waals surface area contributed by atoms with Gasteiger partial charge >= 0.3 is 6.18 Å². The average Bonchev–Trinajstić information content (AvgIpc) is 2.62. The van der Waals surface area contributed by atoms with Crippen LogP contribution in [0.3, 0.4) is 0 Å². The summed E-state index contributed by atoms with van der Waals surface area (Å²) in [7, 11) is 0. The topological polar surface area (TPSA) is 92.4 Å². The summed E-state index contributed by atoms with van der Waals surface area (Å²) in [5, 5.41) is 0. The van der Waals surface area contributed by atoms with Gasteiger partial charge in [-0.25, -0.2) is 9.97 Å². The van der Waals surface area contributed by atoms with Crippen LogP contribution in [-0.2, 0) is 28.7 Å². The molecule has 0 saturated carbocycles. The van der Waals surface area contributed by atoms with Gasteiger partial charge in [0.1, 0.15) is 5.82 Å². The summed E-state index contributed by atoms with van der Waals surface area (Å²) < 4.78 is 39.7. The van der Waals surface area contributed by atoms with E-state index in [0.29, 0.717) is 25.4 Å². The fraction of sp³-hybridized carbons (Fsp3) is 0.684. The van der Waals surface area contributed by atoms with E-state index < -0.39 is 17.9 Å². The molecule has 0 aliphatic carbocycles. The molecule has 1 aromatic heterocycles. The molecule has 10 heteroatoms. The van der Waals surface area contributed by atoms with Gasteiger partial charge in [-0.3, -0.25) is 9.59 Å². The number of piperidine rings is 1. The quantitative estimate of drug-likeness (QED) is 0.811. The molecule has 3 heterocycles. The standard InChI is InChI=1S/C19H26F3N5O2/c1-11-3-4-16(28)27(8-11)9-13(23)7-17(29)26-6-5-14-15(10-26)24-12(2)25-18(14)19(20,21)22/h11,13H,3-10,23H2,1-2H3/t11-,13-/m1/s1. The smallest absolute Gasteiger partial charge is 0.341 e. The number of nitrogens with two attached hydrogens (primary N) is 1. The van der Waals surface area contributed by atoms with E-state index in [0.717, 1.165) is 6.42 Å². The molecule has 1 fully saturated rings. The molecular formula is C19H26F3N5O2. The van der Waals surface area contributed by atoms with Crippen molar-refractivity contribution >= 4 is 11.8 Å². The van der Waals surface area contributed by atoms with E-state index in [9.17, 15) is 22.8 Å².